The zero-order chi connectivity index (χ0) is 17.2. The molecule has 6 nitrogen and oxygen atoms in total. The average Bonchev–Trinajstić information content (AvgIpc) is 3.31. The van der Waals surface area contributed by atoms with E-state index in [-0.39, 0.29) is 11.9 Å². The van der Waals surface area contributed by atoms with Crippen molar-refractivity contribution in [3.8, 4) is 5.69 Å². The molecule has 128 valence electrons. The summed E-state index contributed by atoms with van der Waals surface area (Å²) < 4.78 is 9.38. The maximum absolute atomic E-state index is 13.0. The third-order valence-corrected chi connectivity index (χ3v) is 4.54. The summed E-state index contributed by atoms with van der Waals surface area (Å²) in [6.45, 7) is 1.61. The van der Waals surface area contributed by atoms with Gasteiger partial charge in [0.2, 0.25) is 0 Å². The summed E-state index contributed by atoms with van der Waals surface area (Å²) in [5.41, 5.74) is 2.45. The van der Waals surface area contributed by atoms with E-state index in [1.807, 2.05) is 71.4 Å². The number of para-hydroxylation sites is 1. The Hall–Kier alpha value is -2.86. The number of aromatic nitrogens is 3. The van der Waals surface area contributed by atoms with Crippen molar-refractivity contribution in [3.05, 3.63) is 72.3 Å². The van der Waals surface area contributed by atoms with Crippen LogP contribution in [-0.4, -0.2) is 44.9 Å². The van der Waals surface area contributed by atoms with E-state index in [0.29, 0.717) is 25.5 Å². The molecule has 1 atom stereocenters. The van der Waals surface area contributed by atoms with Gasteiger partial charge in [-0.15, -0.1) is 0 Å². The molecule has 6 heteroatoms. The number of rotatable bonds is 3. The molecule has 1 aromatic carbocycles. The van der Waals surface area contributed by atoms with E-state index in [9.17, 15) is 4.79 Å². The van der Waals surface area contributed by atoms with Gasteiger partial charge in [0.15, 0.2) is 5.69 Å². The van der Waals surface area contributed by atoms with Crippen LogP contribution in [0.5, 0.6) is 0 Å². The highest BCUT2D eigenvalue weighted by atomic mass is 16.5. The van der Waals surface area contributed by atoms with Gasteiger partial charge in [0, 0.05) is 31.7 Å². The summed E-state index contributed by atoms with van der Waals surface area (Å²) in [5.74, 6) is -0.0656. The van der Waals surface area contributed by atoms with Gasteiger partial charge >= 0.3 is 0 Å². The summed E-state index contributed by atoms with van der Waals surface area (Å²) in [6.07, 6.45) is 3.80. The van der Waals surface area contributed by atoms with Gasteiger partial charge in [-0.1, -0.05) is 18.2 Å². The van der Waals surface area contributed by atoms with Gasteiger partial charge in [-0.3, -0.25) is 4.79 Å². The summed E-state index contributed by atoms with van der Waals surface area (Å²) in [6, 6.07) is 15.5. The van der Waals surface area contributed by atoms with Crippen molar-refractivity contribution in [1.82, 2.24) is 19.2 Å². The Kier molecular flexibility index (Phi) is 4.11. The van der Waals surface area contributed by atoms with E-state index in [0.717, 1.165) is 11.4 Å². The van der Waals surface area contributed by atoms with E-state index in [1.54, 1.807) is 10.7 Å². The zero-order valence-electron chi connectivity index (χ0n) is 14.1. The van der Waals surface area contributed by atoms with Crippen LogP contribution in [0.2, 0.25) is 0 Å². The third-order valence-electron chi connectivity index (χ3n) is 4.54. The molecule has 3 heterocycles. The van der Waals surface area contributed by atoms with Gasteiger partial charge in [-0.2, -0.15) is 5.10 Å². The van der Waals surface area contributed by atoms with Crippen molar-refractivity contribution in [1.29, 1.82) is 0 Å². The fourth-order valence-electron chi connectivity index (χ4n) is 3.22. The molecule has 0 radical (unpaired) electrons. The van der Waals surface area contributed by atoms with Crippen LogP contribution in [0.3, 0.4) is 0 Å². The first-order valence-electron chi connectivity index (χ1n) is 8.35. The number of ether oxygens (including phenoxy) is 1. The lowest BCUT2D eigenvalue weighted by molar-refractivity contribution is -0.00496. The zero-order valence-corrected chi connectivity index (χ0v) is 14.1. The van der Waals surface area contributed by atoms with Gasteiger partial charge in [0.25, 0.3) is 5.91 Å². The molecule has 0 aliphatic carbocycles. The van der Waals surface area contributed by atoms with Gasteiger partial charge in [0.05, 0.1) is 24.9 Å². The molecule has 0 saturated carbocycles. The van der Waals surface area contributed by atoms with Gasteiger partial charge in [-0.25, -0.2) is 4.68 Å². The highest BCUT2D eigenvalue weighted by Gasteiger charge is 2.31. The van der Waals surface area contributed by atoms with E-state index in [4.69, 9.17) is 4.74 Å². The Morgan fingerprint density at radius 3 is 2.72 bits per heavy atom. The number of carbonyl (C=O) groups excluding carboxylic acids is 1. The minimum atomic E-state index is -0.0943. The Bertz CT molecular complexity index is 868. The van der Waals surface area contributed by atoms with Gasteiger partial charge in [0.1, 0.15) is 0 Å². The summed E-state index contributed by atoms with van der Waals surface area (Å²) >= 11 is 0. The van der Waals surface area contributed by atoms with Crippen molar-refractivity contribution < 1.29 is 9.53 Å². The standard InChI is InChI=1S/C19H20N4O2/c1-21-10-5-8-17(21)18-14-25-13-12-22(18)19(24)16-9-11-23(20-16)15-6-3-2-4-7-15/h2-11,18H,12-14H2,1H3/t18-/m1/s1. The number of carbonyl (C=O) groups is 1. The first-order chi connectivity index (χ1) is 12.2. The SMILES string of the molecule is Cn1cccc1[C@H]1COCCN1C(=O)c1ccn(-c2ccccc2)n1. The Labute approximate surface area is 146 Å². The topological polar surface area (TPSA) is 52.3 Å². The molecule has 3 aromatic rings. The van der Waals surface area contributed by atoms with Crippen molar-refractivity contribution in [2.24, 2.45) is 7.05 Å². The lowest BCUT2D eigenvalue weighted by Crippen LogP contribution is -2.44. The van der Waals surface area contributed by atoms with Crippen LogP contribution in [0.4, 0.5) is 0 Å². The minimum Gasteiger partial charge on any atom is -0.377 e. The Morgan fingerprint density at radius 2 is 1.96 bits per heavy atom. The fourth-order valence-corrected chi connectivity index (χ4v) is 3.22. The number of amides is 1. The van der Waals surface area contributed by atoms with Crippen LogP contribution >= 0.6 is 0 Å². The van der Waals surface area contributed by atoms with Crippen molar-refractivity contribution in [2.45, 2.75) is 6.04 Å². The molecule has 2 aromatic heterocycles. The molecule has 0 spiro atoms. The molecule has 1 aliphatic heterocycles. The molecule has 0 bridgehead atoms. The number of nitrogens with zero attached hydrogens (tertiary/aromatic N) is 4. The predicted molar refractivity (Wildman–Crippen MR) is 93.6 cm³/mol. The third kappa shape index (κ3) is 2.96. The summed E-state index contributed by atoms with van der Waals surface area (Å²) in [5, 5.41) is 4.47. The fraction of sp³-hybridized carbons (Fsp3) is 0.263. The van der Waals surface area contributed by atoms with E-state index in [2.05, 4.69) is 5.10 Å². The average molecular weight is 336 g/mol. The molecule has 1 aliphatic rings. The predicted octanol–water partition coefficient (Wildman–Crippen LogP) is 2.42. The lowest BCUT2D eigenvalue weighted by atomic mass is 10.1. The van der Waals surface area contributed by atoms with E-state index < -0.39 is 0 Å². The molecule has 1 amide bonds. The van der Waals surface area contributed by atoms with E-state index in [1.165, 1.54) is 0 Å². The molecule has 4 rings (SSSR count). The Balaban J connectivity index is 1.61. The van der Waals surface area contributed by atoms with Crippen molar-refractivity contribution in [2.75, 3.05) is 19.8 Å². The molecule has 1 saturated heterocycles. The number of hydrogen-bond donors (Lipinski definition) is 0. The van der Waals surface area contributed by atoms with Crippen molar-refractivity contribution >= 4 is 5.91 Å². The molecular formula is C19H20N4O2. The van der Waals surface area contributed by atoms with Gasteiger partial charge < -0.3 is 14.2 Å². The summed E-state index contributed by atoms with van der Waals surface area (Å²) in [4.78, 5) is 14.9. The van der Waals surface area contributed by atoms with Crippen LogP contribution in [0.15, 0.2) is 60.9 Å². The largest absolute Gasteiger partial charge is 0.377 e. The first-order valence-corrected chi connectivity index (χ1v) is 8.35. The lowest BCUT2D eigenvalue weighted by Gasteiger charge is -2.35. The second kappa shape index (κ2) is 6.57. The van der Waals surface area contributed by atoms with Crippen LogP contribution in [-0.2, 0) is 11.8 Å². The number of benzene rings is 1. The summed E-state index contributed by atoms with van der Waals surface area (Å²) in [7, 11) is 1.98. The number of hydrogen-bond acceptors (Lipinski definition) is 3. The van der Waals surface area contributed by atoms with Crippen molar-refractivity contribution in [3.63, 3.8) is 0 Å². The Morgan fingerprint density at radius 1 is 1.12 bits per heavy atom. The molecule has 0 N–H and O–H groups in total. The molecule has 25 heavy (non-hydrogen) atoms. The number of morpholine rings is 1. The highest BCUT2D eigenvalue weighted by molar-refractivity contribution is 5.92. The molecular weight excluding hydrogens is 316 g/mol. The first kappa shape index (κ1) is 15.7. The number of aryl methyl sites for hydroxylation is 1. The van der Waals surface area contributed by atoms with E-state index >= 15 is 0 Å². The van der Waals surface area contributed by atoms with Crippen LogP contribution in [0, 0.1) is 0 Å². The van der Waals surface area contributed by atoms with Crippen LogP contribution in [0.1, 0.15) is 22.2 Å². The minimum absolute atomic E-state index is 0.0656. The maximum atomic E-state index is 13.0. The monoisotopic (exact) mass is 336 g/mol. The second-order valence-corrected chi connectivity index (χ2v) is 6.11. The molecule has 1 fully saturated rings. The van der Waals surface area contributed by atoms with Crippen LogP contribution < -0.4 is 0 Å². The maximum Gasteiger partial charge on any atom is 0.275 e. The highest BCUT2D eigenvalue weighted by Crippen LogP contribution is 2.26. The molecule has 0 unspecified atom stereocenters. The second-order valence-electron chi connectivity index (χ2n) is 6.11. The van der Waals surface area contributed by atoms with Gasteiger partial charge in [-0.05, 0) is 30.3 Å². The van der Waals surface area contributed by atoms with Crippen LogP contribution in [0.25, 0.3) is 5.69 Å². The quantitative estimate of drug-likeness (QED) is 0.738. The normalized spacial score (nSPS) is 17.6. The smallest absolute Gasteiger partial charge is 0.275 e.